The first-order valence-electron chi connectivity index (χ1n) is 12.7. The third-order valence-electron chi connectivity index (χ3n) is 4.83. The van der Waals surface area contributed by atoms with E-state index in [0.29, 0.717) is 11.3 Å². The average Bonchev–Trinajstić information content (AvgIpc) is 2.75. The Morgan fingerprint density at radius 3 is 1.40 bits per heavy atom. The standard InChI is InChI=1S/C24H40F6N4O6/c1-21(2,3)39-19(37)33(14-9-11-31)13-8-7-12-32(17(35)23(25,26)27)15-10-16-34(18(36)24(28,29)30)20(38)40-22(4,5)6/h7-16,31H2,1-6H3. The van der Waals surface area contributed by atoms with Crippen molar-refractivity contribution in [1.82, 2.24) is 14.7 Å². The summed E-state index contributed by atoms with van der Waals surface area (Å²) in [4.78, 5) is 49.7. The molecule has 234 valence electrons. The molecule has 2 N–H and O–H groups in total. The van der Waals surface area contributed by atoms with Crippen LogP contribution in [0.3, 0.4) is 0 Å². The second-order valence-electron chi connectivity index (χ2n) is 10.9. The van der Waals surface area contributed by atoms with Crippen molar-refractivity contribution in [3.63, 3.8) is 0 Å². The average molecular weight is 595 g/mol. The van der Waals surface area contributed by atoms with E-state index < -0.39 is 73.6 Å². The van der Waals surface area contributed by atoms with Gasteiger partial charge in [0, 0.05) is 32.7 Å². The highest BCUT2D eigenvalue weighted by atomic mass is 19.4. The minimum absolute atomic E-state index is 0.000997. The third kappa shape index (κ3) is 15.1. The van der Waals surface area contributed by atoms with E-state index in [0.717, 1.165) is 0 Å². The second kappa shape index (κ2) is 15.3. The molecular weight excluding hydrogens is 554 g/mol. The van der Waals surface area contributed by atoms with Crippen LogP contribution >= 0.6 is 0 Å². The predicted octanol–water partition coefficient (Wildman–Crippen LogP) is 4.46. The van der Waals surface area contributed by atoms with E-state index in [2.05, 4.69) is 0 Å². The van der Waals surface area contributed by atoms with Crippen LogP contribution in [0.15, 0.2) is 0 Å². The fraction of sp³-hybridized carbons (Fsp3) is 0.833. The van der Waals surface area contributed by atoms with Crippen LogP contribution in [0.4, 0.5) is 35.9 Å². The summed E-state index contributed by atoms with van der Waals surface area (Å²) in [6, 6.07) is 0. The molecule has 0 aliphatic heterocycles. The molecule has 0 aliphatic rings. The summed E-state index contributed by atoms with van der Waals surface area (Å²) < 4.78 is 88.6. The zero-order valence-electron chi connectivity index (χ0n) is 23.7. The fourth-order valence-electron chi connectivity index (χ4n) is 3.17. The first-order valence-corrected chi connectivity index (χ1v) is 12.7. The van der Waals surface area contributed by atoms with Gasteiger partial charge in [0.15, 0.2) is 0 Å². The molecule has 4 amide bonds. The minimum atomic E-state index is -5.44. The maximum atomic E-state index is 13.2. The van der Waals surface area contributed by atoms with Crippen molar-refractivity contribution in [2.45, 2.75) is 90.8 Å². The Balaban J connectivity index is 5.40. The molecule has 0 aliphatic carbocycles. The smallest absolute Gasteiger partial charge is 0.444 e. The van der Waals surface area contributed by atoms with Gasteiger partial charge in [-0.05, 0) is 73.8 Å². The maximum Gasteiger partial charge on any atom is 0.471 e. The van der Waals surface area contributed by atoms with Crippen LogP contribution in [0.2, 0.25) is 0 Å². The van der Waals surface area contributed by atoms with Crippen LogP contribution in [0.25, 0.3) is 0 Å². The highest BCUT2D eigenvalue weighted by Gasteiger charge is 2.46. The van der Waals surface area contributed by atoms with Gasteiger partial charge in [-0.15, -0.1) is 0 Å². The van der Waals surface area contributed by atoms with Gasteiger partial charge in [0.2, 0.25) is 0 Å². The number of hydrogen-bond donors (Lipinski definition) is 1. The van der Waals surface area contributed by atoms with E-state index in [4.69, 9.17) is 15.2 Å². The van der Waals surface area contributed by atoms with Crippen molar-refractivity contribution < 1.29 is 55.0 Å². The van der Waals surface area contributed by atoms with Gasteiger partial charge in [0.05, 0.1) is 0 Å². The zero-order chi connectivity index (χ0) is 31.5. The van der Waals surface area contributed by atoms with E-state index >= 15 is 0 Å². The normalized spacial score (nSPS) is 12.5. The van der Waals surface area contributed by atoms with Gasteiger partial charge in [-0.25, -0.2) is 14.5 Å². The zero-order valence-corrected chi connectivity index (χ0v) is 23.7. The first-order chi connectivity index (χ1) is 18.0. The van der Waals surface area contributed by atoms with E-state index in [1.165, 1.54) is 25.7 Å². The van der Waals surface area contributed by atoms with Gasteiger partial charge in [-0.2, -0.15) is 26.3 Å². The summed E-state index contributed by atoms with van der Waals surface area (Å²) in [7, 11) is 0. The van der Waals surface area contributed by atoms with E-state index in [1.807, 2.05) is 0 Å². The van der Waals surface area contributed by atoms with Crippen molar-refractivity contribution in [2.24, 2.45) is 5.73 Å². The molecule has 0 fully saturated rings. The molecule has 0 unspecified atom stereocenters. The van der Waals surface area contributed by atoms with Gasteiger partial charge in [-0.1, -0.05) is 0 Å². The van der Waals surface area contributed by atoms with Crippen LogP contribution in [-0.2, 0) is 19.1 Å². The van der Waals surface area contributed by atoms with Crippen LogP contribution in [0, 0.1) is 0 Å². The molecule has 0 saturated heterocycles. The summed E-state index contributed by atoms with van der Waals surface area (Å²) in [6.07, 6.45) is -12.9. The number of nitrogens with zero attached hydrogens (tertiary/aromatic N) is 3. The van der Waals surface area contributed by atoms with E-state index in [1.54, 1.807) is 20.8 Å². The van der Waals surface area contributed by atoms with Crippen molar-refractivity contribution in [3.8, 4) is 0 Å². The molecule has 0 saturated carbocycles. The highest BCUT2D eigenvalue weighted by Crippen LogP contribution is 2.22. The lowest BCUT2D eigenvalue weighted by Gasteiger charge is -2.29. The van der Waals surface area contributed by atoms with Crippen LogP contribution in [0.1, 0.15) is 67.2 Å². The number of imide groups is 1. The minimum Gasteiger partial charge on any atom is -0.444 e. The molecule has 0 radical (unpaired) electrons. The van der Waals surface area contributed by atoms with Gasteiger partial charge >= 0.3 is 36.4 Å². The summed E-state index contributed by atoms with van der Waals surface area (Å²) in [5.74, 6) is -4.78. The van der Waals surface area contributed by atoms with Gasteiger partial charge in [0.1, 0.15) is 11.2 Å². The molecule has 10 nitrogen and oxygen atoms in total. The second-order valence-corrected chi connectivity index (χ2v) is 10.9. The number of carbonyl (C=O) groups is 4. The molecule has 0 aromatic carbocycles. The molecule has 0 aromatic heterocycles. The number of nitrogens with two attached hydrogens (primary N) is 1. The Kier molecular flexibility index (Phi) is 14.2. The Labute approximate surface area is 230 Å². The predicted molar refractivity (Wildman–Crippen MR) is 132 cm³/mol. The number of carbonyl (C=O) groups excluding carboxylic acids is 4. The van der Waals surface area contributed by atoms with Crippen molar-refractivity contribution in [3.05, 3.63) is 0 Å². The molecule has 0 bridgehead atoms. The molecule has 0 spiro atoms. The monoisotopic (exact) mass is 594 g/mol. The molecule has 16 heteroatoms. The molecule has 0 aromatic rings. The van der Waals surface area contributed by atoms with Crippen molar-refractivity contribution >= 4 is 24.0 Å². The van der Waals surface area contributed by atoms with E-state index in [9.17, 15) is 45.5 Å². The molecular formula is C24H40F6N4O6. The van der Waals surface area contributed by atoms with Gasteiger partial charge in [0.25, 0.3) is 0 Å². The fourth-order valence-corrected chi connectivity index (χ4v) is 3.17. The highest BCUT2D eigenvalue weighted by molar-refractivity contribution is 5.95. The van der Waals surface area contributed by atoms with Crippen LogP contribution in [0.5, 0.6) is 0 Å². The lowest BCUT2D eigenvalue weighted by Crippen LogP contribution is -2.48. The number of amides is 4. The molecule has 0 rings (SSSR count). The van der Waals surface area contributed by atoms with Crippen LogP contribution < -0.4 is 5.73 Å². The number of alkyl halides is 6. The summed E-state index contributed by atoms with van der Waals surface area (Å²) >= 11 is 0. The van der Waals surface area contributed by atoms with Gasteiger partial charge in [-0.3, -0.25) is 9.59 Å². The molecule has 0 heterocycles. The lowest BCUT2D eigenvalue weighted by molar-refractivity contribution is -0.186. The quantitative estimate of drug-likeness (QED) is 0.262. The number of rotatable bonds is 12. The lowest BCUT2D eigenvalue weighted by atomic mass is 10.2. The largest absolute Gasteiger partial charge is 0.471 e. The summed E-state index contributed by atoms with van der Waals surface area (Å²) in [5, 5.41) is 0. The summed E-state index contributed by atoms with van der Waals surface area (Å²) in [5.41, 5.74) is 3.45. The number of unbranched alkanes of at least 4 members (excludes halogenated alkanes) is 1. The molecule has 40 heavy (non-hydrogen) atoms. The van der Waals surface area contributed by atoms with Gasteiger partial charge < -0.3 is 25.0 Å². The third-order valence-corrected chi connectivity index (χ3v) is 4.83. The topological polar surface area (TPSA) is 122 Å². The van der Waals surface area contributed by atoms with E-state index in [-0.39, 0.29) is 37.4 Å². The Morgan fingerprint density at radius 2 is 0.975 bits per heavy atom. The Hall–Kier alpha value is -2.78. The van der Waals surface area contributed by atoms with Crippen LogP contribution in [-0.4, -0.2) is 102 Å². The maximum absolute atomic E-state index is 13.2. The Morgan fingerprint density at radius 1 is 0.575 bits per heavy atom. The number of ether oxygens (including phenoxy) is 2. The Bertz CT molecular complexity index is 853. The van der Waals surface area contributed by atoms with Crippen molar-refractivity contribution in [2.75, 3.05) is 39.3 Å². The number of halogens is 6. The first kappa shape index (κ1) is 37.2. The molecule has 0 atom stereocenters. The summed E-state index contributed by atoms with van der Waals surface area (Å²) in [6.45, 7) is 7.57. The SMILES string of the molecule is CC(C)(C)OC(=O)N(CCCN)CCCCN(CCCN(C(=O)OC(C)(C)C)C(=O)C(F)(F)F)C(=O)C(F)(F)F. The van der Waals surface area contributed by atoms with Crippen molar-refractivity contribution in [1.29, 1.82) is 0 Å². The number of hydrogen-bond acceptors (Lipinski definition) is 7.